The number of carbonyl (C=O) groups is 3. The molecular weight excluding hydrogens is 323 g/mol. The molecule has 0 saturated carbocycles. The van der Waals surface area contributed by atoms with Gasteiger partial charge in [-0.15, -0.1) is 0 Å². The van der Waals surface area contributed by atoms with Gasteiger partial charge in [-0.3, -0.25) is 14.4 Å². The van der Waals surface area contributed by atoms with Crippen LogP contribution in [0.2, 0.25) is 10.2 Å². The minimum Gasteiger partial charge on any atom is -0.468 e. The number of esters is 2. The number of amides is 1. The Kier molecular flexibility index (Phi) is 6.04. The number of rotatable bonds is 5. The van der Waals surface area contributed by atoms with E-state index < -0.39 is 30.9 Å². The van der Waals surface area contributed by atoms with Crippen molar-refractivity contribution in [1.29, 1.82) is 0 Å². The van der Waals surface area contributed by atoms with Gasteiger partial charge in [0.2, 0.25) is 0 Å². The van der Waals surface area contributed by atoms with Crippen LogP contribution in [-0.4, -0.2) is 54.6 Å². The average molecular weight is 337 g/mol. The van der Waals surface area contributed by atoms with Crippen molar-refractivity contribution in [3.05, 3.63) is 21.9 Å². The van der Waals surface area contributed by atoms with Gasteiger partial charge in [0.1, 0.15) is 23.9 Å². The van der Waals surface area contributed by atoms with Gasteiger partial charge >= 0.3 is 11.9 Å². The molecule has 0 saturated heterocycles. The lowest BCUT2D eigenvalue weighted by molar-refractivity contribution is -0.144. The number of ether oxygens (including phenoxy) is 2. The quantitative estimate of drug-likeness (QED) is 0.753. The van der Waals surface area contributed by atoms with E-state index in [0.717, 1.165) is 4.90 Å². The zero-order valence-electron chi connectivity index (χ0n) is 11.7. The molecule has 0 aliphatic carbocycles. The highest BCUT2D eigenvalue weighted by molar-refractivity contribution is 6.41. The van der Waals surface area contributed by atoms with Crippen LogP contribution in [0.4, 0.5) is 0 Å². The molecule has 21 heavy (non-hydrogen) atoms. The van der Waals surface area contributed by atoms with Crippen LogP contribution in [0.5, 0.6) is 0 Å². The van der Waals surface area contributed by atoms with E-state index in [-0.39, 0.29) is 15.9 Å². The first-order chi connectivity index (χ1) is 9.81. The fourth-order valence-corrected chi connectivity index (χ4v) is 1.93. The molecule has 9 heteroatoms. The van der Waals surface area contributed by atoms with Crippen molar-refractivity contribution in [2.24, 2.45) is 7.05 Å². The number of hydrogen-bond donors (Lipinski definition) is 0. The molecule has 1 heterocycles. The van der Waals surface area contributed by atoms with E-state index in [1.165, 1.54) is 31.9 Å². The molecule has 116 valence electrons. The van der Waals surface area contributed by atoms with Gasteiger partial charge in [0.05, 0.1) is 19.2 Å². The summed E-state index contributed by atoms with van der Waals surface area (Å²) < 4.78 is 10.3. The Balaban J connectivity index is 3.05. The second-order valence-corrected chi connectivity index (χ2v) is 4.81. The van der Waals surface area contributed by atoms with E-state index in [4.69, 9.17) is 23.2 Å². The third-order valence-corrected chi connectivity index (χ3v) is 3.56. The summed E-state index contributed by atoms with van der Waals surface area (Å²) in [4.78, 5) is 36.1. The molecule has 0 bridgehead atoms. The fourth-order valence-electron chi connectivity index (χ4n) is 1.55. The number of halogens is 2. The SMILES string of the molecule is COC(=O)CN(CC(=O)OC)C(=O)c1cc(Cl)c(Cl)n1C. The lowest BCUT2D eigenvalue weighted by atomic mass is 10.3. The smallest absolute Gasteiger partial charge is 0.325 e. The molecule has 1 amide bonds. The molecule has 0 radical (unpaired) electrons. The van der Waals surface area contributed by atoms with E-state index in [1.54, 1.807) is 0 Å². The number of methoxy groups -OCH3 is 2. The van der Waals surface area contributed by atoms with E-state index in [0.29, 0.717) is 0 Å². The number of carbonyl (C=O) groups excluding carboxylic acids is 3. The number of hydrogen-bond acceptors (Lipinski definition) is 5. The van der Waals surface area contributed by atoms with Gasteiger partial charge in [-0.2, -0.15) is 0 Å². The monoisotopic (exact) mass is 336 g/mol. The molecule has 0 N–H and O–H groups in total. The zero-order chi connectivity index (χ0) is 16.2. The highest BCUT2D eigenvalue weighted by Gasteiger charge is 2.25. The first kappa shape index (κ1) is 17.3. The minimum atomic E-state index is -0.668. The van der Waals surface area contributed by atoms with Crippen molar-refractivity contribution >= 4 is 41.0 Å². The molecule has 0 aliphatic heterocycles. The minimum absolute atomic E-state index is 0.137. The van der Waals surface area contributed by atoms with Crippen molar-refractivity contribution in [2.75, 3.05) is 27.3 Å². The summed E-state index contributed by atoms with van der Waals surface area (Å²) in [7, 11) is 3.90. The van der Waals surface area contributed by atoms with Gasteiger partial charge in [0, 0.05) is 7.05 Å². The van der Waals surface area contributed by atoms with Crippen molar-refractivity contribution in [2.45, 2.75) is 0 Å². The Morgan fingerprint density at radius 2 is 1.62 bits per heavy atom. The maximum atomic E-state index is 12.4. The molecule has 1 aromatic rings. The van der Waals surface area contributed by atoms with Gasteiger partial charge in [-0.25, -0.2) is 0 Å². The summed E-state index contributed by atoms with van der Waals surface area (Å²) in [6.45, 7) is -0.796. The molecule has 0 spiro atoms. The average Bonchev–Trinajstić information content (AvgIpc) is 2.72. The Morgan fingerprint density at radius 3 is 1.95 bits per heavy atom. The van der Waals surface area contributed by atoms with Crippen LogP contribution >= 0.6 is 23.2 Å². The molecular formula is C12H14Cl2N2O5. The lowest BCUT2D eigenvalue weighted by Gasteiger charge is -2.20. The third-order valence-electron chi connectivity index (χ3n) is 2.72. The molecule has 1 rings (SSSR count). The van der Waals surface area contributed by atoms with E-state index in [1.807, 2.05) is 0 Å². The van der Waals surface area contributed by atoms with Crippen molar-refractivity contribution in [3.63, 3.8) is 0 Å². The maximum Gasteiger partial charge on any atom is 0.325 e. The molecule has 7 nitrogen and oxygen atoms in total. The molecule has 0 aromatic carbocycles. The maximum absolute atomic E-state index is 12.4. The molecule has 1 aromatic heterocycles. The lowest BCUT2D eigenvalue weighted by Crippen LogP contribution is -2.40. The van der Waals surface area contributed by atoms with E-state index in [2.05, 4.69) is 9.47 Å². The first-order valence-corrected chi connectivity index (χ1v) is 6.51. The summed E-state index contributed by atoms with van der Waals surface area (Å²) in [5.41, 5.74) is 0.137. The topological polar surface area (TPSA) is 77.8 Å². The molecule has 0 unspecified atom stereocenters. The van der Waals surface area contributed by atoms with Gasteiger partial charge in [0.25, 0.3) is 5.91 Å². The summed E-state index contributed by atoms with van der Waals surface area (Å²) in [5, 5.41) is 0.370. The first-order valence-electron chi connectivity index (χ1n) is 5.75. The van der Waals surface area contributed by atoms with Crippen LogP contribution in [0.3, 0.4) is 0 Å². The van der Waals surface area contributed by atoms with Crippen molar-refractivity contribution in [1.82, 2.24) is 9.47 Å². The van der Waals surface area contributed by atoms with Gasteiger partial charge in [-0.1, -0.05) is 23.2 Å². The predicted octanol–water partition coefficient (Wildman–Crippen LogP) is 1.12. The summed E-state index contributed by atoms with van der Waals surface area (Å²) in [6, 6.07) is 1.35. The molecule has 0 atom stereocenters. The number of nitrogens with zero attached hydrogens (tertiary/aromatic N) is 2. The van der Waals surface area contributed by atoms with Crippen molar-refractivity contribution < 1.29 is 23.9 Å². The second kappa shape index (κ2) is 7.33. The fraction of sp³-hybridized carbons (Fsp3) is 0.417. The van der Waals surface area contributed by atoms with E-state index >= 15 is 0 Å². The predicted molar refractivity (Wildman–Crippen MR) is 75.4 cm³/mol. The van der Waals surface area contributed by atoms with Crippen LogP contribution in [-0.2, 0) is 26.1 Å². The largest absolute Gasteiger partial charge is 0.468 e. The Bertz CT molecular complexity index is 552. The van der Waals surface area contributed by atoms with E-state index in [9.17, 15) is 14.4 Å². The third kappa shape index (κ3) is 4.12. The number of aromatic nitrogens is 1. The van der Waals surface area contributed by atoms with Gasteiger partial charge < -0.3 is 18.9 Å². The van der Waals surface area contributed by atoms with Crippen LogP contribution in [0, 0.1) is 0 Å². The Morgan fingerprint density at radius 1 is 1.14 bits per heavy atom. The summed E-state index contributed by atoms with van der Waals surface area (Å²) >= 11 is 11.7. The standard InChI is InChI=1S/C12H14Cl2N2O5/c1-15-8(4-7(13)11(15)14)12(19)16(5-9(17)20-2)6-10(18)21-3/h4H,5-6H2,1-3H3. The van der Waals surface area contributed by atoms with Crippen LogP contribution in [0.1, 0.15) is 10.5 Å². The zero-order valence-corrected chi connectivity index (χ0v) is 13.2. The summed E-state index contributed by atoms with van der Waals surface area (Å²) in [6.07, 6.45) is 0. The van der Waals surface area contributed by atoms with Crippen molar-refractivity contribution in [3.8, 4) is 0 Å². The van der Waals surface area contributed by atoms with Gasteiger partial charge in [-0.05, 0) is 6.07 Å². The van der Waals surface area contributed by atoms with Crippen LogP contribution < -0.4 is 0 Å². The second-order valence-electron chi connectivity index (χ2n) is 4.04. The van der Waals surface area contributed by atoms with Gasteiger partial charge in [0.15, 0.2) is 0 Å². The summed E-state index contributed by atoms with van der Waals surface area (Å²) in [5.74, 6) is -1.93. The molecule has 0 aliphatic rings. The molecule has 0 fully saturated rings. The van der Waals surface area contributed by atoms with Crippen LogP contribution in [0.25, 0.3) is 0 Å². The highest BCUT2D eigenvalue weighted by Crippen LogP contribution is 2.25. The highest BCUT2D eigenvalue weighted by atomic mass is 35.5. The van der Waals surface area contributed by atoms with Crippen LogP contribution in [0.15, 0.2) is 6.07 Å². The normalized spacial score (nSPS) is 10.1. The Hall–Kier alpha value is -1.73. The Labute approximate surface area is 131 Å².